The first-order chi connectivity index (χ1) is 13.1. The Morgan fingerprint density at radius 1 is 1.30 bits per heavy atom. The second-order valence-electron chi connectivity index (χ2n) is 6.57. The summed E-state index contributed by atoms with van der Waals surface area (Å²) < 4.78 is 13.4. The van der Waals surface area contributed by atoms with Crippen molar-refractivity contribution < 1.29 is 4.39 Å². The van der Waals surface area contributed by atoms with E-state index < -0.39 is 5.82 Å². The maximum Gasteiger partial charge on any atom is 0.160 e. The van der Waals surface area contributed by atoms with Crippen molar-refractivity contribution in [3.63, 3.8) is 0 Å². The number of nitrogens with zero attached hydrogens (tertiary/aromatic N) is 4. The van der Waals surface area contributed by atoms with Crippen molar-refractivity contribution in [2.45, 2.75) is 18.9 Å². The van der Waals surface area contributed by atoms with E-state index in [0.29, 0.717) is 40.8 Å². The fourth-order valence-corrected chi connectivity index (χ4v) is 3.43. The molecule has 0 aliphatic carbocycles. The Labute approximate surface area is 160 Å². The third-order valence-corrected chi connectivity index (χ3v) is 5.03. The molecule has 0 saturated carbocycles. The first-order valence-corrected chi connectivity index (χ1v) is 9.15. The molecule has 1 saturated heterocycles. The van der Waals surface area contributed by atoms with Crippen molar-refractivity contribution in [3.05, 3.63) is 47.4 Å². The number of hydrogen-bond acceptors (Lipinski definition) is 7. The van der Waals surface area contributed by atoms with Crippen LogP contribution in [0.2, 0.25) is 5.02 Å². The van der Waals surface area contributed by atoms with Crippen LogP contribution in [0.25, 0.3) is 11.0 Å². The Morgan fingerprint density at radius 2 is 2.19 bits per heavy atom. The Morgan fingerprint density at radius 3 is 3.00 bits per heavy atom. The molecule has 1 aromatic carbocycles. The van der Waals surface area contributed by atoms with Gasteiger partial charge in [-0.3, -0.25) is 0 Å². The first kappa shape index (κ1) is 18.0. The molecule has 3 aromatic rings. The van der Waals surface area contributed by atoms with Gasteiger partial charge >= 0.3 is 0 Å². The largest absolute Gasteiger partial charge is 0.338 e. The molecule has 9 heteroatoms. The zero-order valence-electron chi connectivity index (χ0n) is 14.5. The van der Waals surface area contributed by atoms with Crippen LogP contribution in [0.3, 0.4) is 0 Å². The molecule has 0 radical (unpaired) electrons. The van der Waals surface area contributed by atoms with Gasteiger partial charge in [-0.05, 0) is 50.0 Å². The average molecular weight is 388 g/mol. The van der Waals surface area contributed by atoms with Crippen molar-refractivity contribution in [2.24, 2.45) is 11.7 Å². The van der Waals surface area contributed by atoms with Crippen molar-refractivity contribution in [2.75, 3.05) is 18.4 Å². The van der Waals surface area contributed by atoms with Gasteiger partial charge in [0, 0.05) is 5.69 Å². The smallest absolute Gasteiger partial charge is 0.160 e. The summed E-state index contributed by atoms with van der Waals surface area (Å²) in [5.41, 5.74) is 7.66. The van der Waals surface area contributed by atoms with Gasteiger partial charge in [0.15, 0.2) is 5.82 Å². The second-order valence-corrected chi connectivity index (χ2v) is 6.98. The lowest BCUT2D eigenvalue weighted by molar-refractivity contribution is 0.303. The van der Waals surface area contributed by atoms with Crippen LogP contribution in [0.4, 0.5) is 15.9 Å². The van der Waals surface area contributed by atoms with E-state index in [0.717, 1.165) is 19.4 Å². The average Bonchev–Trinajstić information content (AvgIpc) is 2.71. The van der Waals surface area contributed by atoms with E-state index in [1.165, 1.54) is 18.5 Å². The van der Waals surface area contributed by atoms with E-state index in [2.05, 4.69) is 25.6 Å². The number of hydrogen-bond donors (Lipinski definition) is 3. The quantitative estimate of drug-likeness (QED) is 0.632. The van der Waals surface area contributed by atoms with Crippen LogP contribution in [-0.4, -0.2) is 33.0 Å². The molecular formula is C18H19ClFN7. The van der Waals surface area contributed by atoms with E-state index in [1.807, 2.05) is 0 Å². The number of nitrogens with two attached hydrogens (primary N) is 1. The molecule has 27 heavy (non-hydrogen) atoms. The number of fused-ring (bicyclic) bond motifs is 1. The Kier molecular flexibility index (Phi) is 5.11. The normalized spacial score (nSPS) is 20.0. The zero-order valence-corrected chi connectivity index (χ0v) is 15.2. The standard InChI is InChI=1S/C18H19ClFN7/c19-12-6-11(1-2-13(12)20)26-18-16-15(24-9-25-18)8-23-17(27-16)14-5-10(7-21)3-4-22-14/h1-2,6,8-10,14,22H,3-5,7,21H2,(H,24,25,26). The highest BCUT2D eigenvalue weighted by Gasteiger charge is 2.24. The van der Waals surface area contributed by atoms with Gasteiger partial charge in [-0.15, -0.1) is 0 Å². The van der Waals surface area contributed by atoms with Crippen molar-refractivity contribution in [1.29, 1.82) is 0 Å². The van der Waals surface area contributed by atoms with Crippen molar-refractivity contribution >= 4 is 34.1 Å². The Balaban J connectivity index is 1.67. The number of piperidine rings is 1. The third kappa shape index (κ3) is 3.83. The van der Waals surface area contributed by atoms with Gasteiger partial charge in [0.1, 0.15) is 29.0 Å². The summed E-state index contributed by atoms with van der Waals surface area (Å²) in [6.07, 6.45) is 5.08. The van der Waals surface area contributed by atoms with E-state index in [1.54, 1.807) is 12.3 Å². The molecule has 3 heterocycles. The van der Waals surface area contributed by atoms with Gasteiger partial charge in [0.2, 0.25) is 0 Å². The topological polar surface area (TPSA) is 102 Å². The molecule has 140 valence electrons. The first-order valence-electron chi connectivity index (χ1n) is 8.77. The van der Waals surface area contributed by atoms with Crippen molar-refractivity contribution in [3.8, 4) is 0 Å². The molecular weight excluding hydrogens is 369 g/mol. The third-order valence-electron chi connectivity index (χ3n) is 4.74. The number of nitrogens with one attached hydrogen (secondary N) is 2. The molecule has 7 nitrogen and oxygen atoms in total. The van der Waals surface area contributed by atoms with Gasteiger partial charge in [-0.1, -0.05) is 11.6 Å². The molecule has 0 amide bonds. The molecule has 4 N–H and O–H groups in total. The van der Waals surface area contributed by atoms with E-state index in [-0.39, 0.29) is 11.1 Å². The van der Waals surface area contributed by atoms with Gasteiger partial charge < -0.3 is 16.4 Å². The van der Waals surface area contributed by atoms with E-state index >= 15 is 0 Å². The zero-order chi connectivity index (χ0) is 18.8. The lowest BCUT2D eigenvalue weighted by Gasteiger charge is -2.28. The fourth-order valence-electron chi connectivity index (χ4n) is 3.24. The van der Waals surface area contributed by atoms with Gasteiger partial charge in [0.05, 0.1) is 17.3 Å². The molecule has 0 bridgehead atoms. The van der Waals surface area contributed by atoms with Crippen LogP contribution in [-0.2, 0) is 0 Å². The number of anilines is 2. The van der Waals surface area contributed by atoms with Gasteiger partial charge in [-0.2, -0.15) is 0 Å². The van der Waals surface area contributed by atoms with E-state index in [4.69, 9.17) is 22.3 Å². The predicted octanol–water partition coefficient (Wildman–Crippen LogP) is 2.96. The Hall–Kier alpha value is -2.42. The summed E-state index contributed by atoms with van der Waals surface area (Å²) in [6.45, 7) is 1.55. The van der Waals surface area contributed by atoms with Gasteiger partial charge in [0.25, 0.3) is 0 Å². The highest BCUT2D eigenvalue weighted by atomic mass is 35.5. The maximum atomic E-state index is 13.4. The summed E-state index contributed by atoms with van der Waals surface area (Å²) >= 11 is 5.86. The SMILES string of the molecule is NCC1CCNC(c2ncc3ncnc(Nc4ccc(F)c(Cl)c4)c3n2)C1. The molecule has 2 atom stereocenters. The molecule has 1 aliphatic heterocycles. The minimum Gasteiger partial charge on any atom is -0.338 e. The molecule has 1 fully saturated rings. The van der Waals surface area contributed by atoms with Crippen LogP contribution in [0.1, 0.15) is 24.7 Å². The fraction of sp³-hybridized carbons (Fsp3) is 0.333. The Bertz CT molecular complexity index is 968. The maximum absolute atomic E-state index is 13.4. The monoisotopic (exact) mass is 387 g/mol. The van der Waals surface area contributed by atoms with Crippen LogP contribution in [0.5, 0.6) is 0 Å². The summed E-state index contributed by atoms with van der Waals surface area (Å²) in [7, 11) is 0. The molecule has 0 spiro atoms. The van der Waals surface area contributed by atoms with Crippen molar-refractivity contribution in [1.82, 2.24) is 25.3 Å². The number of halogens is 2. The predicted molar refractivity (Wildman–Crippen MR) is 102 cm³/mol. The minimum atomic E-state index is -0.475. The highest BCUT2D eigenvalue weighted by Crippen LogP contribution is 2.28. The highest BCUT2D eigenvalue weighted by molar-refractivity contribution is 6.31. The van der Waals surface area contributed by atoms with Gasteiger partial charge in [-0.25, -0.2) is 24.3 Å². The number of rotatable bonds is 4. The summed E-state index contributed by atoms with van der Waals surface area (Å²) in [5, 5.41) is 6.61. The summed E-state index contributed by atoms with van der Waals surface area (Å²) in [6, 6.07) is 4.44. The minimum absolute atomic E-state index is 0.0351. The number of benzene rings is 1. The number of aromatic nitrogens is 4. The lowest BCUT2D eigenvalue weighted by Crippen LogP contribution is -2.35. The van der Waals surface area contributed by atoms with Crippen LogP contribution in [0.15, 0.2) is 30.7 Å². The van der Waals surface area contributed by atoms with Crippen LogP contribution in [0, 0.1) is 11.7 Å². The molecule has 4 rings (SSSR count). The lowest BCUT2D eigenvalue weighted by atomic mass is 9.92. The van der Waals surface area contributed by atoms with Crippen LogP contribution >= 0.6 is 11.6 Å². The van der Waals surface area contributed by atoms with E-state index in [9.17, 15) is 4.39 Å². The summed E-state index contributed by atoms with van der Waals surface area (Å²) in [4.78, 5) is 17.7. The molecule has 2 aromatic heterocycles. The molecule has 2 unspecified atom stereocenters. The molecule has 1 aliphatic rings. The second kappa shape index (κ2) is 7.67. The van der Waals surface area contributed by atoms with Crippen LogP contribution < -0.4 is 16.4 Å². The summed E-state index contributed by atoms with van der Waals surface area (Å²) in [5.74, 6) is 1.19.